The van der Waals surface area contributed by atoms with E-state index < -0.39 is 11.6 Å². The van der Waals surface area contributed by atoms with Crippen LogP contribution in [0.5, 0.6) is 0 Å². The molecule has 0 aliphatic heterocycles. The molecule has 0 fully saturated rings. The van der Waals surface area contributed by atoms with Crippen LogP contribution in [0.3, 0.4) is 0 Å². The van der Waals surface area contributed by atoms with Gasteiger partial charge in [-0.2, -0.15) is 0 Å². The number of nitrogens with one attached hydrogen (secondary N) is 1. The van der Waals surface area contributed by atoms with E-state index in [0.717, 1.165) is 12.1 Å². The number of rotatable bonds is 5. The van der Waals surface area contributed by atoms with Crippen molar-refractivity contribution < 1.29 is 13.9 Å². The lowest BCUT2D eigenvalue weighted by Crippen LogP contribution is -2.14. The van der Waals surface area contributed by atoms with E-state index >= 15 is 0 Å². The number of halogens is 2. The summed E-state index contributed by atoms with van der Waals surface area (Å²) in [5.74, 6) is -1.26. The van der Waals surface area contributed by atoms with Crippen LogP contribution in [0.1, 0.15) is 13.3 Å². The van der Waals surface area contributed by atoms with Crippen molar-refractivity contribution in [3.63, 3.8) is 0 Å². The van der Waals surface area contributed by atoms with Crippen molar-refractivity contribution in [3.05, 3.63) is 23.8 Å². The van der Waals surface area contributed by atoms with E-state index in [-0.39, 0.29) is 23.9 Å². The predicted molar refractivity (Wildman–Crippen MR) is 60.1 cm³/mol. The maximum Gasteiger partial charge on any atom is 0.151 e. The highest BCUT2D eigenvalue weighted by molar-refractivity contribution is 5.54. The molecule has 0 saturated carbocycles. The summed E-state index contributed by atoms with van der Waals surface area (Å²) in [5, 5.41) is 11.4. The second-order valence-corrected chi connectivity index (χ2v) is 3.86. The standard InChI is InChI=1S/C11H16F2N2O/c1-7(2-3-16)6-15-11-9(12)4-8(14)5-10(11)13/h4-5,7,15-16H,2-3,6,14H2,1H3. The van der Waals surface area contributed by atoms with Crippen LogP contribution in [0.2, 0.25) is 0 Å². The van der Waals surface area contributed by atoms with Gasteiger partial charge in [0.1, 0.15) is 5.69 Å². The van der Waals surface area contributed by atoms with Crippen molar-refractivity contribution in [2.75, 3.05) is 24.2 Å². The lowest BCUT2D eigenvalue weighted by molar-refractivity contribution is 0.265. The summed E-state index contributed by atoms with van der Waals surface area (Å²) >= 11 is 0. The Morgan fingerprint density at radius 1 is 1.38 bits per heavy atom. The number of anilines is 2. The SMILES string of the molecule is CC(CCO)CNc1c(F)cc(N)cc1F. The molecule has 0 aliphatic carbocycles. The van der Waals surface area contributed by atoms with Gasteiger partial charge >= 0.3 is 0 Å². The Balaban J connectivity index is 2.67. The number of nitrogens with two attached hydrogens (primary N) is 1. The highest BCUT2D eigenvalue weighted by Crippen LogP contribution is 2.22. The minimum atomic E-state index is -0.700. The molecule has 1 rings (SSSR count). The second-order valence-electron chi connectivity index (χ2n) is 3.86. The first kappa shape index (κ1) is 12.7. The van der Waals surface area contributed by atoms with Gasteiger partial charge in [-0.25, -0.2) is 8.78 Å². The first-order valence-corrected chi connectivity index (χ1v) is 5.13. The van der Waals surface area contributed by atoms with E-state index in [1.54, 1.807) is 0 Å². The zero-order chi connectivity index (χ0) is 12.1. The van der Waals surface area contributed by atoms with Gasteiger partial charge in [0, 0.05) is 18.8 Å². The van der Waals surface area contributed by atoms with Gasteiger partial charge in [0.2, 0.25) is 0 Å². The Morgan fingerprint density at radius 2 is 1.94 bits per heavy atom. The molecule has 5 heteroatoms. The molecule has 0 radical (unpaired) electrons. The minimum absolute atomic E-state index is 0.0592. The zero-order valence-electron chi connectivity index (χ0n) is 9.13. The van der Waals surface area contributed by atoms with Crippen LogP contribution in [-0.2, 0) is 0 Å². The molecule has 90 valence electrons. The van der Waals surface area contributed by atoms with E-state index in [4.69, 9.17) is 10.8 Å². The van der Waals surface area contributed by atoms with Crippen molar-refractivity contribution in [1.29, 1.82) is 0 Å². The quantitative estimate of drug-likeness (QED) is 0.678. The van der Waals surface area contributed by atoms with Crippen molar-refractivity contribution in [2.24, 2.45) is 5.92 Å². The normalized spacial score (nSPS) is 12.5. The van der Waals surface area contributed by atoms with Gasteiger partial charge in [-0.15, -0.1) is 0 Å². The fourth-order valence-electron chi connectivity index (χ4n) is 1.36. The highest BCUT2D eigenvalue weighted by atomic mass is 19.1. The Hall–Kier alpha value is -1.36. The van der Waals surface area contributed by atoms with E-state index in [9.17, 15) is 8.78 Å². The largest absolute Gasteiger partial charge is 0.399 e. The maximum atomic E-state index is 13.3. The Kier molecular flexibility index (Phi) is 4.49. The summed E-state index contributed by atoms with van der Waals surface area (Å²) in [6, 6.07) is 2.14. The smallest absolute Gasteiger partial charge is 0.151 e. The zero-order valence-corrected chi connectivity index (χ0v) is 9.13. The fraction of sp³-hybridized carbons (Fsp3) is 0.455. The number of nitrogen functional groups attached to an aromatic ring is 1. The van der Waals surface area contributed by atoms with Crippen LogP contribution in [0, 0.1) is 17.6 Å². The molecule has 0 saturated heterocycles. The van der Waals surface area contributed by atoms with Crippen LogP contribution in [0.25, 0.3) is 0 Å². The molecule has 4 N–H and O–H groups in total. The number of benzene rings is 1. The third-order valence-electron chi connectivity index (χ3n) is 2.31. The lowest BCUT2D eigenvalue weighted by Gasteiger charge is -2.13. The Labute approximate surface area is 93.3 Å². The van der Waals surface area contributed by atoms with Crippen LogP contribution in [0.4, 0.5) is 20.2 Å². The number of hydrogen-bond donors (Lipinski definition) is 3. The van der Waals surface area contributed by atoms with Gasteiger partial charge in [0.05, 0.1) is 0 Å². The third kappa shape index (κ3) is 3.34. The third-order valence-corrected chi connectivity index (χ3v) is 2.31. The molecular weight excluding hydrogens is 214 g/mol. The van der Waals surface area contributed by atoms with Crippen LogP contribution in [-0.4, -0.2) is 18.3 Å². The summed E-state index contributed by atoms with van der Waals surface area (Å²) in [6.07, 6.45) is 0.589. The molecule has 1 aromatic carbocycles. The van der Waals surface area contributed by atoms with Crippen molar-refractivity contribution in [1.82, 2.24) is 0 Å². The number of aliphatic hydroxyl groups excluding tert-OH is 1. The van der Waals surface area contributed by atoms with Gasteiger partial charge in [-0.05, 0) is 24.5 Å². The van der Waals surface area contributed by atoms with Gasteiger partial charge in [0.25, 0.3) is 0 Å². The molecular formula is C11H16F2N2O. The number of hydrogen-bond acceptors (Lipinski definition) is 3. The van der Waals surface area contributed by atoms with Crippen LogP contribution >= 0.6 is 0 Å². The van der Waals surface area contributed by atoms with E-state index in [1.807, 2.05) is 6.92 Å². The molecule has 0 aromatic heterocycles. The molecule has 0 amide bonds. The van der Waals surface area contributed by atoms with Gasteiger partial charge in [0.15, 0.2) is 11.6 Å². The van der Waals surface area contributed by atoms with E-state index in [0.29, 0.717) is 13.0 Å². The monoisotopic (exact) mass is 230 g/mol. The molecule has 16 heavy (non-hydrogen) atoms. The Morgan fingerprint density at radius 3 is 2.44 bits per heavy atom. The lowest BCUT2D eigenvalue weighted by atomic mass is 10.1. The summed E-state index contributed by atoms with van der Waals surface area (Å²) < 4.78 is 26.6. The minimum Gasteiger partial charge on any atom is -0.399 e. The summed E-state index contributed by atoms with van der Waals surface area (Å²) in [7, 11) is 0. The average molecular weight is 230 g/mol. The van der Waals surface area contributed by atoms with E-state index in [1.165, 1.54) is 0 Å². The van der Waals surface area contributed by atoms with Crippen LogP contribution in [0.15, 0.2) is 12.1 Å². The average Bonchev–Trinajstić information content (AvgIpc) is 2.16. The molecule has 0 heterocycles. The van der Waals surface area contributed by atoms with Crippen molar-refractivity contribution in [2.45, 2.75) is 13.3 Å². The molecule has 1 atom stereocenters. The fourth-order valence-corrected chi connectivity index (χ4v) is 1.36. The first-order chi connectivity index (χ1) is 7.54. The van der Waals surface area contributed by atoms with E-state index in [2.05, 4.69) is 5.32 Å². The topological polar surface area (TPSA) is 58.3 Å². The first-order valence-electron chi connectivity index (χ1n) is 5.13. The number of aliphatic hydroxyl groups is 1. The predicted octanol–water partition coefficient (Wildman–Crippen LogP) is 1.98. The summed E-state index contributed by atoms with van der Waals surface area (Å²) in [6.45, 7) is 2.35. The summed E-state index contributed by atoms with van der Waals surface area (Å²) in [4.78, 5) is 0. The molecule has 0 aliphatic rings. The molecule has 0 spiro atoms. The highest BCUT2D eigenvalue weighted by Gasteiger charge is 2.11. The van der Waals surface area contributed by atoms with Gasteiger partial charge in [-0.1, -0.05) is 6.92 Å². The molecule has 1 unspecified atom stereocenters. The molecule has 1 aromatic rings. The molecule has 3 nitrogen and oxygen atoms in total. The molecule has 0 bridgehead atoms. The van der Waals surface area contributed by atoms with Crippen LogP contribution < -0.4 is 11.1 Å². The maximum absolute atomic E-state index is 13.3. The Bertz CT molecular complexity index is 335. The van der Waals surface area contributed by atoms with Crippen molar-refractivity contribution in [3.8, 4) is 0 Å². The van der Waals surface area contributed by atoms with Crippen molar-refractivity contribution >= 4 is 11.4 Å². The van der Waals surface area contributed by atoms with Gasteiger partial charge < -0.3 is 16.2 Å². The summed E-state index contributed by atoms with van der Waals surface area (Å²) in [5.41, 5.74) is 5.18. The second kappa shape index (κ2) is 5.65. The van der Waals surface area contributed by atoms with Gasteiger partial charge in [-0.3, -0.25) is 0 Å².